The summed E-state index contributed by atoms with van der Waals surface area (Å²) in [6.07, 6.45) is 1.18. The summed E-state index contributed by atoms with van der Waals surface area (Å²) in [5.74, 6) is -0.732. The number of rotatable bonds is 5. The molecule has 1 aromatic rings. The molecule has 23 heavy (non-hydrogen) atoms. The highest BCUT2D eigenvalue weighted by Gasteiger charge is 2.64. The molecule has 0 heterocycles. The predicted molar refractivity (Wildman–Crippen MR) is 82.8 cm³/mol. The van der Waals surface area contributed by atoms with Crippen LogP contribution in [0.25, 0.3) is 0 Å². The van der Waals surface area contributed by atoms with Crippen LogP contribution >= 0.6 is 0 Å². The average Bonchev–Trinajstić information content (AvgIpc) is 2.53. The van der Waals surface area contributed by atoms with Gasteiger partial charge in [-0.25, -0.2) is 0 Å². The number of carbonyl (C=O) groups excluding carboxylic acids is 1. The lowest BCUT2D eigenvalue weighted by Gasteiger charge is -2.50. The molecule has 0 aliphatic heterocycles. The summed E-state index contributed by atoms with van der Waals surface area (Å²) < 4.78 is 5.71. The summed E-state index contributed by atoms with van der Waals surface area (Å²) in [7, 11) is 0. The van der Waals surface area contributed by atoms with Gasteiger partial charge in [-0.2, -0.15) is 0 Å². The van der Waals surface area contributed by atoms with Crippen LogP contribution in [0.5, 0.6) is 0 Å². The number of ketones is 1. The Balaban J connectivity index is 2.04. The maximum Gasteiger partial charge on any atom is 0.249 e. The Morgan fingerprint density at radius 1 is 1.39 bits per heavy atom. The summed E-state index contributed by atoms with van der Waals surface area (Å²) in [5.41, 5.74) is 0.810. The lowest BCUT2D eigenvalue weighted by Crippen LogP contribution is -2.63. The molecule has 6 heteroatoms. The van der Waals surface area contributed by atoms with Crippen molar-refractivity contribution in [3.8, 4) is 0 Å². The first-order valence-corrected chi connectivity index (χ1v) is 7.96. The molecule has 4 rings (SSSR count). The SMILES string of the molecule is Cc1ccc([C@H]2[C@@H]3CC[C@@](OCCO)(CC3=O)[C@@H]2[N+](=O)[O-])cc1. The fourth-order valence-electron chi connectivity index (χ4n) is 4.24. The molecule has 3 aliphatic rings. The van der Waals surface area contributed by atoms with E-state index in [-0.39, 0.29) is 36.3 Å². The third-order valence-corrected chi connectivity index (χ3v) is 5.25. The first kappa shape index (κ1) is 16.1. The van der Waals surface area contributed by atoms with Crippen molar-refractivity contribution >= 4 is 5.78 Å². The summed E-state index contributed by atoms with van der Waals surface area (Å²) in [4.78, 5) is 24.0. The highest BCUT2D eigenvalue weighted by atomic mass is 16.6. The number of Topliss-reactive ketones (excluding diaryl/α,β-unsaturated/α-hetero) is 1. The molecule has 6 nitrogen and oxygen atoms in total. The van der Waals surface area contributed by atoms with Gasteiger partial charge in [-0.3, -0.25) is 14.9 Å². The van der Waals surface area contributed by atoms with Crippen LogP contribution in [0.4, 0.5) is 0 Å². The van der Waals surface area contributed by atoms with Gasteiger partial charge in [0.1, 0.15) is 11.4 Å². The van der Waals surface area contributed by atoms with Gasteiger partial charge in [-0.15, -0.1) is 0 Å². The van der Waals surface area contributed by atoms with E-state index in [1.165, 1.54) is 0 Å². The number of nitrogens with zero attached hydrogens (tertiary/aromatic N) is 1. The predicted octanol–water partition coefficient (Wildman–Crippen LogP) is 1.85. The molecule has 0 unspecified atom stereocenters. The molecule has 3 fully saturated rings. The van der Waals surface area contributed by atoms with E-state index in [2.05, 4.69) is 0 Å². The Hall–Kier alpha value is -1.79. The van der Waals surface area contributed by atoms with Crippen LogP contribution in [0, 0.1) is 23.0 Å². The van der Waals surface area contributed by atoms with E-state index in [0.29, 0.717) is 12.8 Å². The van der Waals surface area contributed by atoms with Gasteiger partial charge in [0.15, 0.2) is 0 Å². The smallest absolute Gasteiger partial charge is 0.249 e. The zero-order valence-electron chi connectivity index (χ0n) is 13.1. The minimum Gasteiger partial charge on any atom is -0.394 e. The molecule has 1 aromatic carbocycles. The number of hydrogen-bond acceptors (Lipinski definition) is 5. The highest BCUT2D eigenvalue weighted by molar-refractivity contribution is 5.85. The highest BCUT2D eigenvalue weighted by Crippen LogP contribution is 2.53. The minimum atomic E-state index is -1.09. The van der Waals surface area contributed by atoms with Crippen molar-refractivity contribution in [1.82, 2.24) is 0 Å². The van der Waals surface area contributed by atoms with Gasteiger partial charge in [-0.05, 0) is 25.3 Å². The van der Waals surface area contributed by atoms with E-state index in [1.54, 1.807) is 0 Å². The number of aliphatic hydroxyl groups is 1. The minimum absolute atomic E-state index is 0.0168. The monoisotopic (exact) mass is 319 g/mol. The molecule has 0 amide bonds. The molecular weight excluding hydrogens is 298 g/mol. The molecule has 0 saturated heterocycles. The average molecular weight is 319 g/mol. The Kier molecular flexibility index (Phi) is 4.21. The fourth-order valence-corrected chi connectivity index (χ4v) is 4.24. The van der Waals surface area contributed by atoms with E-state index in [4.69, 9.17) is 9.84 Å². The molecule has 124 valence electrons. The quantitative estimate of drug-likeness (QED) is 0.661. The topological polar surface area (TPSA) is 89.7 Å². The second kappa shape index (κ2) is 6.02. The zero-order chi connectivity index (χ0) is 16.6. The van der Waals surface area contributed by atoms with Crippen LogP contribution in [-0.2, 0) is 9.53 Å². The standard InChI is InChI=1S/C17H21NO5/c1-11-2-4-12(5-3-11)15-13-6-7-17(10-14(13)20,23-9-8-19)16(15)18(21)22/h2-5,13,15-16,19H,6-10H2,1H3/t13-,15+,16-,17-/m1/s1. The van der Waals surface area contributed by atoms with E-state index in [1.807, 2.05) is 31.2 Å². The summed E-state index contributed by atoms with van der Waals surface area (Å²) in [6, 6.07) is 6.64. The molecule has 2 bridgehead atoms. The van der Waals surface area contributed by atoms with Crippen molar-refractivity contribution in [1.29, 1.82) is 0 Å². The van der Waals surface area contributed by atoms with Crippen molar-refractivity contribution in [2.24, 2.45) is 5.92 Å². The Labute approximate surface area is 134 Å². The van der Waals surface area contributed by atoms with Gasteiger partial charge < -0.3 is 9.84 Å². The van der Waals surface area contributed by atoms with E-state index >= 15 is 0 Å². The number of hydrogen-bond donors (Lipinski definition) is 1. The van der Waals surface area contributed by atoms with Crippen LogP contribution in [0.2, 0.25) is 0 Å². The number of aliphatic hydroxyl groups excluding tert-OH is 1. The number of fused-ring (bicyclic) bond motifs is 3. The largest absolute Gasteiger partial charge is 0.394 e. The third kappa shape index (κ3) is 2.66. The molecule has 0 radical (unpaired) electrons. The van der Waals surface area contributed by atoms with Crippen molar-refractivity contribution in [3.05, 3.63) is 45.5 Å². The normalized spacial score (nSPS) is 33.0. The van der Waals surface area contributed by atoms with Crippen LogP contribution < -0.4 is 0 Å². The van der Waals surface area contributed by atoms with Crippen LogP contribution in [0.15, 0.2) is 24.3 Å². The molecule has 3 aliphatic carbocycles. The Morgan fingerprint density at radius 2 is 2.09 bits per heavy atom. The van der Waals surface area contributed by atoms with Crippen molar-refractivity contribution in [2.75, 3.05) is 13.2 Å². The molecule has 3 saturated carbocycles. The molecule has 1 N–H and O–H groups in total. The van der Waals surface area contributed by atoms with Crippen LogP contribution in [0.1, 0.15) is 36.3 Å². The van der Waals surface area contributed by atoms with Crippen molar-refractivity contribution in [3.63, 3.8) is 0 Å². The zero-order valence-corrected chi connectivity index (χ0v) is 13.1. The van der Waals surface area contributed by atoms with Crippen molar-refractivity contribution < 1.29 is 19.6 Å². The van der Waals surface area contributed by atoms with Crippen molar-refractivity contribution in [2.45, 2.75) is 43.7 Å². The van der Waals surface area contributed by atoms with Gasteiger partial charge in [0.2, 0.25) is 6.04 Å². The van der Waals surface area contributed by atoms with Gasteiger partial charge in [0.25, 0.3) is 0 Å². The van der Waals surface area contributed by atoms with Gasteiger partial charge in [-0.1, -0.05) is 29.8 Å². The first-order chi connectivity index (χ1) is 11.0. The lowest BCUT2D eigenvalue weighted by molar-refractivity contribution is -0.558. The van der Waals surface area contributed by atoms with Gasteiger partial charge in [0, 0.05) is 17.3 Å². The van der Waals surface area contributed by atoms with E-state index < -0.39 is 17.6 Å². The van der Waals surface area contributed by atoms with Gasteiger partial charge in [0.05, 0.1) is 19.1 Å². The second-order valence-electron chi connectivity index (χ2n) is 6.59. The maximum absolute atomic E-state index is 12.5. The molecular formula is C17H21NO5. The lowest BCUT2D eigenvalue weighted by atomic mass is 9.57. The van der Waals surface area contributed by atoms with Crippen LogP contribution in [0.3, 0.4) is 0 Å². The Bertz CT molecular complexity index is 614. The van der Waals surface area contributed by atoms with E-state index in [9.17, 15) is 14.9 Å². The molecule has 0 aromatic heterocycles. The summed E-state index contributed by atoms with van der Waals surface area (Å²) in [5, 5.41) is 20.9. The number of aryl methyl sites for hydroxylation is 1. The molecule has 4 atom stereocenters. The van der Waals surface area contributed by atoms with Gasteiger partial charge >= 0.3 is 0 Å². The van der Waals surface area contributed by atoms with Crippen LogP contribution in [-0.4, -0.2) is 40.7 Å². The third-order valence-electron chi connectivity index (χ3n) is 5.25. The number of ether oxygens (including phenoxy) is 1. The second-order valence-corrected chi connectivity index (χ2v) is 6.59. The maximum atomic E-state index is 12.5. The first-order valence-electron chi connectivity index (χ1n) is 7.96. The summed E-state index contributed by atoms with van der Waals surface area (Å²) in [6.45, 7) is 1.76. The molecule has 0 spiro atoms. The fraction of sp³-hybridized carbons (Fsp3) is 0.588. The number of benzene rings is 1. The number of carbonyl (C=O) groups is 1. The Morgan fingerprint density at radius 3 is 2.65 bits per heavy atom. The van der Waals surface area contributed by atoms with E-state index in [0.717, 1.165) is 11.1 Å². The summed E-state index contributed by atoms with van der Waals surface area (Å²) >= 11 is 0. The number of nitro groups is 1.